The Morgan fingerprint density at radius 2 is 2.05 bits per heavy atom. The van der Waals surface area contributed by atoms with Crippen molar-refractivity contribution in [3.63, 3.8) is 0 Å². The highest BCUT2D eigenvalue weighted by Crippen LogP contribution is 2.32. The van der Waals surface area contributed by atoms with Crippen LogP contribution in [0, 0.1) is 5.92 Å². The Morgan fingerprint density at radius 3 is 2.70 bits per heavy atom. The SMILES string of the molecule is C[C@@H](NC(=O)CCNC(=O)c1ccccc1Cl)C1CC1. The Kier molecular flexibility index (Phi) is 5.01. The van der Waals surface area contributed by atoms with Gasteiger partial charge in [-0.05, 0) is 37.8 Å². The lowest BCUT2D eigenvalue weighted by molar-refractivity contribution is -0.121. The fraction of sp³-hybridized carbons (Fsp3) is 0.467. The van der Waals surface area contributed by atoms with Crippen LogP contribution in [0.3, 0.4) is 0 Å². The number of benzene rings is 1. The second kappa shape index (κ2) is 6.75. The number of hydrogen-bond donors (Lipinski definition) is 2. The van der Waals surface area contributed by atoms with E-state index in [4.69, 9.17) is 11.6 Å². The molecule has 1 aliphatic rings. The lowest BCUT2D eigenvalue weighted by Gasteiger charge is -2.13. The van der Waals surface area contributed by atoms with Crippen LogP contribution in [0.2, 0.25) is 5.02 Å². The molecule has 4 nitrogen and oxygen atoms in total. The molecule has 0 unspecified atom stereocenters. The fourth-order valence-electron chi connectivity index (χ4n) is 2.07. The minimum atomic E-state index is -0.251. The van der Waals surface area contributed by atoms with Crippen LogP contribution in [0.4, 0.5) is 0 Å². The minimum Gasteiger partial charge on any atom is -0.353 e. The molecule has 2 rings (SSSR count). The van der Waals surface area contributed by atoms with E-state index in [1.54, 1.807) is 24.3 Å². The summed E-state index contributed by atoms with van der Waals surface area (Å²) in [7, 11) is 0. The van der Waals surface area contributed by atoms with E-state index in [0.717, 1.165) is 0 Å². The van der Waals surface area contributed by atoms with Gasteiger partial charge in [-0.25, -0.2) is 0 Å². The monoisotopic (exact) mass is 294 g/mol. The van der Waals surface area contributed by atoms with Crippen molar-refractivity contribution in [2.24, 2.45) is 5.92 Å². The van der Waals surface area contributed by atoms with Gasteiger partial charge in [-0.2, -0.15) is 0 Å². The van der Waals surface area contributed by atoms with Gasteiger partial charge >= 0.3 is 0 Å². The molecular formula is C15H19ClN2O2. The summed E-state index contributed by atoms with van der Waals surface area (Å²) in [6, 6.07) is 7.09. The van der Waals surface area contributed by atoms with E-state index in [1.807, 2.05) is 6.92 Å². The van der Waals surface area contributed by atoms with E-state index in [0.29, 0.717) is 23.0 Å². The van der Waals surface area contributed by atoms with Gasteiger partial charge in [-0.1, -0.05) is 23.7 Å². The molecule has 1 aromatic rings. The second-order valence-electron chi connectivity index (χ2n) is 5.18. The molecule has 0 radical (unpaired) electrons. The molecule has 0 bridgehead atoms. The van der Waals surface area contributed by atoms with Crippen molar-refractivity contribution in [1.82, 2.24) is 10.6 Å². The zero-order valence-electron chi connectivity index (χ0n) is 11.5. The van der Waals surface area contributed by atoms with Gasteiger partial charge < -0.3 is 10.6 Å². The van der Waals surface area contributed by atoms with Crippen LogP contribution in [-0.2, 0) is 4.79 Å². The Labute approximate surface area is 123 Å². The molecule has 1 aromatic carbocycles. The molecule has 1 aliphatic carbocycles. The maximum atomic E-state index is 11.9. The second-order valence-corrected chi connectivity index (χ2v) is 5.59. The van der Waals surface area contributed by atoms with Crippen LogP contribution < -0.4 is 10.6 Å². The normalized spacial score (nSPS) is 15.5. The van der Waals surface area contributed by atoms with Gasteiger partial charge in [0.2, 0.25) is 5.91 Å². The predicted octanol–water partition coefficient (Wildman–Crippen LogP) is 2.37. The first-order valence-corrected chi connectivity index (χ1v) is 7.28. The van der Waals surface area contributed by atoms with Crippen LogP contribution >= 0.6 is 11.6 Å². The number of nitrogens with one attached hydrogen (secondary N) is 2. The zero-order chi connectivity index (χ0) is 14.5. The molecule has 1 atom stereocenters. The van der Waals surface area contributed by atoms with Gasteiger partial charge in [0.05, 0.1) is 10.6 Å². The van der Waals surface area contributed by atoms with Gasteiger partial charge in [0.1, 0.15) is 0 Å². The first-order valence-electron chi connectivity index (χ1n) is 6.90. The molecule has 0 aromatic heterocycles. The van der Waals surface area contributed by atoms with Crippen molar-refractivity contribution in [2.45, 2.75) is 32.2 Å². The highest BCUT2D eigenvalue weighted by Gasteiger charge is 2.28. The van der Waals surface area contributed by atoms with Crippen LogP contribution in [0.25, 0.3) is 0 Å². The molecule has 2 amide bonds. The van der Waals surface area contributed by atoms with Crippen molar-refractivity contribution in [1.29, 1.82) is 0 Å². The number of halogens is 1. The minimum absolute atomic E-state index is 0.0242. The Hall–Kier alpha value is -1.55. The van der Waals surface area contributed by atoms with E-state index in [9.17, 15) is 9.59 Å². The first kappa shape index (κ1) is 14.9. The van der Waals surface area contributed by atoms with E-state index in [1.165, 1.54) is 12.8 Å². The number of carbonyl (C=O) groups excluding carboxylic acids is 2. The number of rotatable bonds is 6. The molecule has 0 heterocycles. The van der Waals surface area contributed by atoms with Crippen molar-refractivity contribution < 1.29 is 9.59 Å². The van der Waals surface area contributed by atoms with Crippen LogP contribution in [0.15, 0.2) is 24.3 Å². The quantitative estimate of drug-likeness (QED) is 0.846. The summed E-state index contributed by atoms with van der Waals surface area (Å²) in [4.78, 5) is 23.5. The summed E-state index contributed by atoms with van der Waals surface area (Å²) in [6.45, 7) is 2.34. The molecule has 1 saturated carbocycles. The maximum Gasteiger partial charge on any atom is 0.252 e. The zero-order valence-corrected chi connectivity index (χ0v) is 12.2. The molecule has 2 N–H and O–H groups in total. The Morgan fingerprint density at radius 1 is 1.35 bits per heavy atom. The van der Waals surface area contributed by atoms with E-state index in [2.05, 4.69) is 10.6 Å². The highest BCUT2D eigenvalue weighted by molar-refractivity contribution is 6.33. The standard InChI is InChI=1S/C15H19ClN2O2/c1-10(11-6-7-11)18-14(19)8-9-17-15(20)12-4-2-3-5-13(12)16/h2-5,10-11H,6-9H2,1H3,(H,17,20)(H,18,19)/t10-/m1/s1. The summed E-state index contributed by atoms with van der Waals surface area (Å²) in [5, 5.41) is 6.07. The first-order chi connectivity index (χ1) is 9.58. The van der Waals surface area contributed by atoms with Crippen LogP contribution in [-0.4, -0.2) is 24.4 Å². The predicted molar refractivity (Wildman–Crippen MR) is 78.7 cm³/mol. The lowest BCUT2D eigenvalue weighted by atomic mass is 10.2. The van der Waals surface area contributed by atoms with E-state index in [-0.39, 0.29) is 24.3 Å². The Bertz CT molecular complexity index is 500. The highest BCUT2D eigenvalue weighted by atomic mass is 35.5. The van der Waals surface area contributed by atoms with Crippen molar-refractivity contribution in [3.8, 4) is 0 Å². The third-order valence-electron chi connectivity index (χ3n) is 3.47. The maximum absolute atomic E-state index is 11.9. The number of carbonyl (C=O) groups is 2. The molecule has 108 valence electrons. The molecule has 20 heavy (non-hydrogen) atoms. The summed E-state index contributed by atoms with van der Waals surface area (Å²) < 4.78 is 0. The lowest BCUT2D eigenvalue weighted by Crippen LogP contribution is -2.36. The van der Waals surface area contributed by atoms with Gasteiger partial charge in [-0.15, -0.1) is 0 Å². The van der Waals surface area contributed by atoms with E-state index >= 15 is 0 Å². The van der Waals surface area contributed by atoms with Crippen molar-refractivity contribution >= 4 is 23.4 Å². The van der Waals surface area contributed by atoms with Crippen molar-refractivity contribution in [3.05, 3.63) is 34.9 Å². The molecular weight excluding hydrogens is 276 g/mol. The molecule has 1 fully saturated rings. The number of amides is 2. The third-order valence-corrected chi connectivity index (χ3v) is 3.80. The summed E-state index contributed by atoms with van der Waals surface area (Å²) in [6.07, 6.45) is 2.68. The fourth-order valence-corrected chi connectivity index (χ4v) is 2.29. The average Bonchev–Trinajstić information content (AvgIpc) is 3.23. The molecule has 0 saturated heterocycles. The van der Waals surface area contributed by atoms with Gasteiger partial charge in [-0.3, -0.25) is 9.59 Å². The largest absolute Gasteiger partial charge is 0.353 e. The molecule has 5 heteroatoms. The Balaban J connectivity index is 1.71. The average molecular weight is 295 g/mol. The number of hydrogen-bond acceptors (Lipinski definition) is 2. The van der Waals surface area contributed by atoms with Gasteiger partial charge in [0.15, 0.2) is 0 Å². The smallest absolute Gasteiger partial charge is 0.252 e. The summed E-state index contributed by atoms with van der Waals surface area (Å²) >= 11 is 5.93. The third kappa shape index (κ3) is 4.23. The van der Waals surface area contributed by atoms with Crippen LogP contribution in [0.5, 0.6) is 0 Å². The summed E-state index contributed by atoms with van der Waals surface area (Å²) in [5.74, 6) is 0.360. The van der Waals surface area contributed by atoms with Gasteiger partial charge in [0, 0.05) is 19.0 Å². The molecule has 0 aliphatic heterocycles. The molecule has 0 spiro atoms. The van der Waals surface area contributed by atoms with Gasteiger partial charge in [0.25, 0.3) is 5.91 Å². The summed E-state index contributed by atoms with van der Waals surface area (Å²) in [5.41, 5.74) is 0.431. The van der Waals surface area contributed by atoms with Crippen molar-refractivity contribution in [2.75, 3.05) is 6.54 Å². The van der Waals surface area contributed by atoms with E-state index < -0.39 is 0 Å². The topological polar surface area (TPSA) is 58.2 Å². The van der Waals surface area contributed by atoms with Crippen LogP contribution in [0.1, 0.15) is 36.5 Å².